The number of benzene rings is 1. The predicted octanol–water partition coefficient (Wildman–Crippen LogP) is 3.37. The first kappa shape index (κ1) is 17.4. The zero-order chi connectivity index (χ0) is 17.9. The number of carbonyl (C=O) groups excluding carboxylic acids is 1. The van der Waals surface area contributed by atoms with Gasteiger partial charge < -0.3 is 0 Å². The molecule has 1 amide bonds. The van der Waals surface area contributed by atoms with Gasteiger partial charge in [0.1, 0.15) is 4.21 Å². The molecule has 2 N–H and O–H groups in total. The fourth-order valence-electron chi connectivity index (χ4n) is 2.41. The van der Waals surface area contributed by atoms with E-state index in [-0.39, 0.29) is 15.5 Å². The maximum Gasteiger partial charge on any atom is 0.273 e. The molecule has 0 fully saturated rings. The molecule has 1 aliphatic carbocycles. The highest BCUT2D eigenvalue weighted by Crippen LogP contribution is 2.23. The topological polar surface area (TPSA) is 87.6 Å². The van der Waals surface area contributed by atoms with Crippen molar-refractivity contribution in [2.24, 2.45) is 5.10 Å². The summed E-state index contributed by atoms with van der Waals surface area (Å²) in [4.78, 5) is 12.4. The normalized spacial score (nSPS) is 15.9. The van der Waals surface area contributed by atoms with Gasteiger partial charge in [0.05, 0.1) is 17.0 Å². The third-order valence-electron chi connectivity index (χ3n) is 3.67. The molecule has 3 rings (SSSR count). The molecular weight excluding hydrogens is 358 g/mol. The van der Waals surface area contributed by atoms with Crippen LogP contribution in [0.2, 0.25) is 0 Å². The first-order valence-electron chi connectivity index (χ1n) is 7.65. The lowest BCUT2D eigenvalue weighted by Crippen LogP contribution is -2.22. The van der Waals surface area contributed by atoms with Crippen LogP contribution in [0.4, 0.5) is 5.69 Å². The maximum atomic E-state index is 12.4. The van der Waals surface area contributed by atoms with Crippen LogP contribution in [0.1, 0.15) is 30.1 Å². The van der Waals surface area contributed by atoms with Gasteiger partial charge in [0.2, 0.25) is 0 Å². The summed E-state index contributed by atoms with van der Waals surface area (Å²) in [6.07, 6.45) is 3.66. The summed E-state index contributed by atoms with van der Waals surface area (Å²) in [6.45, 7) is 2.01. The number of thiophene rings is 1. The lowest BCUT2D eigenvalue weighted by atomic mass is 10.2. The van der Waals surface area contributed by atoms with Crippen molar-refractivity contribution in [3.8, 4) is 0 Å². The van der Waals surface area contributed by atoms with Gasteiger partial charge in [-0.2, -0.15) is 5.10 Å². The Morgan fingerprint density at radius 1 is 1.16 bits per heavy atom. The molecule has 1 aromatic carbocycles. The molecule has 1 aliphatic rings. The Bertz CT molecular complexity index is 945. The second kappa shape index (κ2) is 7.20. The van der Waals surface area contributed by atoms with E-state index in [0.717, 1.165) is 29.9 Å². The summed E-state index contributed by atoms with van der Waals surface area (Å²) in [5.41, 5.74) is 4.95. The Balaban J connectivity index is 1.80. The summed E-state index contributed by atoms with van der Waals surface area (Å²) in [5.74, 6) is -0.463. The zero-order valence-electron chi connectivity index (χ0n) is 13.5. The van der Waals surface area contributed by atoms with Gasteiger partial charge >= 0.3 is 0 Å². The molecule has 25 heavy (non-hydrogen) atoms. The Kier molecular flexibility index (Phi) is 5.00. The van der Waals surface area contributed by atoms with Crippen LogP contribution in [0, 0.1) is 0 Å². The van der Waals surface area contributed by atoms with E-state index in [2.05, 4.69) is 15.2 Å². The number of para-hydroxylation sites is 1. The highest BCUT2D eigenvalue weighted by Gasteiger charge is 2.19. The summed E-state index contributed by atoms with van der Waals surface area (Å²) in [5, 5.41) is 5.78. The zero-order valence-corrected chi connectivity index (χ0v) is 15.2. The highest BCUT2D eigenvalue weighted by atomic mass is 32.2. The van der Waals surface area contributed by atoms with Crippen LogP contribution >= 0.6 is 11.3 Å². The van der Waals surface area contributed by atoms with E-state index in [1.165, 1.54) is 11.6 Å². The van der Waals surface area contributed by atoms with Crippen molar-refractivity contribution >= 4 is 38.7 Å². The van der Waals surface area contributed by atoms with Gasteiger partial charge in [0, 0.05) is 0 Å². The minimum atomic E-state index is -3.72. The van der Waals surface area contributed by atoms with E-state index in [1.807, 2.05) is 13.0 Å². The summed E-state index contributed by atoms with van der Waals surface area (Å²) in [6, 6.07) is 9.61. The predicted molar refractivity (Wildman–Crippen MR) is 99.5 cm³/mol. The van der Waals surface area contributed by atoms with Gasteiger partial charge in [0.25, 0.3) is 15.9 Å². The van der Waals surface area contributed by atoms with Crippen molar-refractivity contribution in [3.05, 3.63) is 59.0 Å². The standard InChI is InChI=1S/C17H17N3O3S2/c1-12-8-9-13(11-12)18-19-17(21)14-5-2-3-6-15(14)20-25(22,23)16-7-4-10-24-16/h2-7,10-11,20H,8-9H2,1H3,(H,19,21). The summed E-state index contributed by atoms with van der Waals surface area (Å²) < 4.78 is 27.4. The number of carbonyl (C=O) groups is 1. The number of nitrogens with one attached hydrogen (secondary N) is 2. The lowest BCUT2D eigenvalue weighted by Gasteiger charge is -2.10. The van der Waals surface area contributed by atoms with Gasteiger partial charge in [-0.05, 0) is 49.4 Å². The SMILES string of the molecule is CC1=CC(=NNC(=O)c2ccccc2NS(=O)(=O)c2cccs2)CC1. The molecule has 0 unspecified atom stereocenters. The number of amides is 1. The van der Waals surface area contributed by atoms with Crippen molar-refractivity contribution in [2.45, 2.75) is 24.0 Å². The Hall–Kier alpha value is -2.45. The highest BCUT2D eigenvalue weighted by molar-refractivity contribution is 7.94. The van der Waals surface area contributed by atoms with Gasteiger partial charge in [-0.3, -0.25) is 9.52 Å². The molecule has 0 spiro atoms. The minimum Gasteiger partial charge on any atom is -0.278 e. The first-order valence-corrected chi connectivity index (χ1v) is 10.0. The van der Waals surface area contributed by atoms with Crippen LogP contribution in [-0.2, 0) is 10.0 Å². The van der Waals surface area contributed by atoms with Crippen LogP contribution in [0.15, 0.2) is 62.7 Å². The molecule has 6 nitrogen and oxygen atoms in total. The largest absolute Gasteiger partial charge is 0.278 e. The summed E-state index contributed by atoms with van der Waals surface area (Å²) >= 11 is 1.11. The Labute approximate surface area is 150 Å². The van der Waals surface area contributed by atoms with E-state index in [1.54, 1.807) is 35.7 Å². The molecule has 0 saturated heterocycles. The van der Waals surface area contributed by atoms with E-state index >= 15 is 0 Å². The molecular formula is C17H17N3O3S2. The quantitative estimate of drug-likeness (QED) is 0.786. The van der Waals surface area contributed by atoms with Gasteiger partial charge in [-0.1, -0.05) is 23.8 Å². The molecule has 0 bridgehead atoms. The minimum absolute atomic E-state index is 0.189. The number of anilines is 1. The average molecular weight is 375 g/mol. The van der Waals surface area contributed by atoms with Crippen molar-refractivity contribution in [1.29, 1.82) is 0 Å². The molecule has 2 aromatic rings. The molecule has 1 aromatic heterocycles. The molecule has 8 heteroatoms. The smallest absolute Gasteiger partial charge is 0.273 e. The van der Waals surface area contributed by atoms with Gasteiger partial charge in [-0.15, -0.1) is 11.3 Å². The van der Waals surface area contributed by atoms with Crippen molar-refractivity contribution in [1.82, 2.24) is 5.43 Å². The second-order valence-corrected chi connectivity index (χ2v) is 8.47. The molecule has 0 aliphatic heterocycles. The molecule has 0 radical (unpaired) electrons. The Morgan fingerprint density at radius 2 is 1.96 bits per heavy atom. The number of hydrogen-bond acceptors (Lipinski definition) is 5. The number of hydrazone groups is 1. The number of hydrogen-bond donors (Lipinski definition) is 2. The van der Waals surface area contributed by atoms with Crippen LogP contribution in [0.3, 0.4) is 0 Å². The molecule has 1 heterocycles. The third-order valence-corrected chi connectivity index (χ3v) is 6.43. The van der Waals surface area contributed by atoms with E-state index in [0.29, 0.717) is 0 Å². The van der Waals surface area contributed by atoms with E-state index in [9.17, 15) is 13.2 Å². The fourth-order valence-corrected chi connectivity index (χ4v) is 4.48. The van der Waals surface area contributed by atoms with Crippen molar-refractivity contribution in [2.75, 3.05) is 4.72 Å². The monoisotopic (exact) mass is 375 g/mol. The molecule has 0 saturated carbocycles. The van der Waals surface area contributed by atoms with Crippen LogP contribution in [0.25, 0.3) is 0 Å². The van der Waals surface area contributed by atoms with Gasteiger partial charge in [0.15, 0.2) is 0 Å². The maximum absolute atomic E-state index is 12.4. The second-order valence-electron chi connectivity index (χ2n) is 5.62. The van der Waals surface area contributed by atoms with Crippen molar-refractivity contribution in [3.63, 3.8) is 0 Å². The number of sulfonamides is 1. The third kappa shape index (κ3) is 4.15. The average Bonchev–Trinajstić information content (AvgIpc) is 3.25. The molecule has 130 valence electrons. The fraction of sp³-hybridized carbons (Fsp3) is 0.176. The van der Waals surface area contributed by atoms with Crippen LogP contribution in [-0.4, -0.2) is 20.0 Å². The Morgan fingerprint density at radius 3 is 2.64 bits per heavy atom. The van der Waals surface area contributed by atoms with E-state index in [4.69, 9.17) is 0 Å². The first-order chi connectivity index (χ1) is 12.0. The number of rotatable bonds is 5. The van der Waals surface area contributed by atoms with Crippen molar-refractivity contribution < 1.29 is 13.2 Å². The summed E-state index contributed by atoms with van der Waals surface area (Å²) in [7, 11) is -3.72. The lowest BCUT2D eigenvalue weighted by molar-refractivity contribution is 0.0955. The van der Waals surface area contributed by atoms with Gasteiger partial charge in [-0.25, -0.2) is 13.8 Å². The van der Waals surface area contributed by atoms with Crippen LogP contribution in [0.5, 0.6) is 0 Å². The number of nitrogens with zero attached hydrogens (tertiary/aromatic N) is 1. The molecule has 0 atom stereocenters. The van der Waals surface area contributed by atoms with E-state index < -0.39 is 15.9 Å². The number of allylic oxidation sites excluding steroid dienone is 2. The van der Waals surface area contributed by atoms with Crippen LogP contribution < -0.4 is 10.1 Å².